The maximum atomic E-state index is 12.4. The van der Waals surface area contributed by atoms with Crippen molar-refractivity contribution in [1.29, 1.82) is 0 Å². The number of thiazole rings is 1. The molecule has 150 valence electrons. The number of Topliss-reactive ketones (excluding diaryl/α,β-unsaturated/α-hetero) is 1. The van der Waals surface area contributed by atoms with Gasteiger partial charge in [-0.25, -0.2) is 9.78 Å². The van der Waals surface area contributed by atoms with Crippen molar-refractivity contribution in [3.63, 3.8) is 0 Å². The maximum absolute atomic E-state index is 12.4. The van der Waals surface area contributed by atoms with Gasteiger partial charge in [-0.15, -0.1) is 11.3 Å². The second kappa shape index (κ2) is 9.93. The number of carbonyl (C=O) groups is 3. The van der Waals surface area contributed by atoms with E-state index in [4.69, 9.17) is 0 Å². The summed E-state index contributed by atoms with van der Waals surface area (Å²) < 4.78 is 0. The number of carbonyl (C=O) groups excluding carboxylic acids is 3. The first-order valence-corrected chi connectivity index (χ1v) is 9.80. The summed E-state index contributed by atoms with van der Waals surface area (Å²) in [6.45, 7) is 5.79. The molecular formula is C19H25N5O3S. The smallest absolute Gasteiger partial charge is 0.318 e. The van der Waals surface area contributed by atoms with E-state index in [1.807, 2.05) is 5.38 Å². The van der Waals surface area contributed by atoms with E-state index in [1.165, 1.54) is 18.0 Å². The van der Waals surface area contributed by atoms with E-state index >= 15 is 0 Å². The van der Waals surface area contributed by atoms with Crippen LogP contribution in [0, 0.1) is 0 Å². The lowest BCUT2D eigenvalue weighted by Crippen LogP contribution is -2.47. The van der Waals surface area contributed by atoms with Crippen molar-refractivity contribution in [2.45, 2.75) is 45.7 Å². The lowest BCUT2D eigenvalue weighted by atomic mass is 10.1. The van der Waals surface area contributed by atoms with E-state index in [2.05, 4.69) is 34.4 Å². The number of hydrogen-bond acceptors (Lipinski definition) is 6. The van der Waals surface area contributed by atoms with Crippen LogP contribution in [0.2, 0.25) is 0 Å². The van der Waals surface area contributed by atoms with E-state index in [0.717, 1.165) is 10.7 Å². The zero-order valence-corrected chi connectivity index (χ0v) is 17.2. The molecule has 9 heteroatoms. The van der Waals surface area contributed by atoms with Gasteiger partial charge >= 0.3 is 6.03 Å². The van der Waals surface area contributed by atoms with Gasteiger partial charge in [-0.1, -0.05) is 13.8 Å². The molecule has 0 fully saturated rings. The van der Waals surface area contributed by atoms with Gasteiger partial charge < -0.3 is 15.5 Å². The molecule has 0 aromatic carbocycles. The maximum Gasteiger partial charge on any atom is 0.318 e. The Bertz CT molecular complexity index is 822. The molecule has 2 aromatic rings. The Hall–Kier alpha value is -2.81. The molecule has 0 unspecified atom stereocenters. The summed E-state index contributed by atoms with van der Waals surface area (Å²) in [6.07, 6.45) is 2.95. The average Bonchev–Trinajstić information content (AvgIpc) is 3.10. The van der Waals surface area contributed by atoms with Crippen LogP contribution in [0.1, 0.15) is 43.8 Å². The van der Waals surface area contributed by atoms with Gasteiger partial charge in [0, 0.05) is 24.5 Å². The van der Waals surface area contributed by atoms with Crippen molar-refractivity contribution < 1.29 is 14.4 Å². The van der Waals surface area contributed by atoms with Gasteiger partial charge in [0.15, 0.2) is 5.78 Å². The monoisotopic (exact) mass is 403 g/mol. The third kappa shape index (κ3) is 6.41. The molecule has 0 saturated heterocycles. The van der Waals surface area contributed by atoms with E-state index in [-0.39, 0.29) is 18.1 Å². The number of rotatable bonds is 8. The Labute approximate surface area is 168 Å². The minimum atomic E-state index is -0.909. The second-order valence-electron chi connectivity index (χ2n) is 6.79. The van der Waals surface area contributed by atoms with Crippen LogP contribution >= 0.6 is 11.3 Å². The molecule has 3 amide bonds. The molecule has 2 rings (SSSR count). The van der Waals surface area contributed by atoms with E-state index in [0.29, 0.717) is 18.2 Å². The highest BCUT2D eigenvalue weighted by molar-refractivity contribution is 7.09. The molecule has 2 N–H and O–H groups in total. The molecular weight excluding hydrogens is 378 g/mol. The fourth-order valence-corrected chi connectivity index (χ4v) is 3.19. The number of nitrogens with one attached hydrogen (secondary N) is 2. The van der Waals surface area contributed by atoms with Gasteiger partial charge in [-0.05, 0) is 19.1 Å². The highest BCUT2D eigenvalue weighted by Gasteiger charge is 2.23. The highest BCUT2D eigenvalue weighted by atomic mass is 32.1. The quantitative estimate of drug-likeness (QED) is 0.705. The molecule has 0 radical (unpaired) electrons. The summed E-state index contributed by atoms with van der Waals surface area (Å²) in [5, 5.41) is 8.21. The van der Waals surface area contributed by atoms with Gasteiger partial charge in [0.2, 0.25) is 5.91 Å². The van der Waals surface area contributed by atoms with E-state index in [9.17, 15) is 14.4 Å². The summed E-state index contributed by atoms with van der Waals surface area (Å²) in [6, 6.07) is 2.04. The molecule has 0 bridgehead atoms. The van der Waals surface area contributed by atoms with Gasteiger partial charge in [0.1, 0.15) is 0 Å². The summed E-state index contributed by atoms with van der Waals surface area (Å²) in [7, 11) is 1.62. The number of urea groups is 1. The predicted octanol–water partition coefficient (Wildman–Crippen LogP) is 2.79. The highest BCUT2D eigenvalue weighted by Crippen LogP contribution is 2.19. The van der Waals surface area contributed by atoms with Gasteiger partial charge in [-0.3, -0.25) is 14.6 Å². The van der Waals surface area contributed by atoms with Crippen LogP contribution in [0.15, 0.2) is 29.9 Å². The van der Waals surface area contributed by atoms with Crippen molar-refractivity contribution in [3.8, 4) is 0 Å². The number of ketones is 1. The molecule has 0 spiro atoms. The van der Waals surface area contributed by atoms with Crippen LogP contribution in [-0.4, -0.2) is 45.7 Å². The topological polar surface area (TPSA) is 104 Å². The van der Waals surface area contributed by atoms with E-state index in [1.54, 1.807) is 36.7 Å². The normalized spacial score (nSPS) is 11.8. The van der Waals surface area contributed by atoms with E-state index < -0.39 is 12.1 Å². The molecule has 0 aliphatic heterocycles. The number of aromatic nitrogens is 2. The number of amides is 3. The number of anilines is 1. The van der Waals surface area contributed by atoms with Crippen LogP contribution < -0.4 is 10.6 Å². The van der Waals surface area contributed by atoms with Gasteiger partial charge in [0.05, 0.1) is 41.6 Å². The van der Waals surface area contributed by atoms with Crippen molar-refractivity contribution in [3.05, 3.63) is 40.6 Å². The predicted molar refractivity (Wildman–Crippen MR) is 108 cm³/mol. The summed E-state index contributed by atoms with van der Waals surface area (Å²) >= 11 is 1.56. The minimum Gasteiger partial charge on any atom is -0.328 e. The Kier molecular flexibility index (Phi) is 7.62. The van der Waals surface area contributed by atoms with Crippen LogP contribution in [-0.2, 0) is 16.1 Å². The third-order valence-corrected chi connectivity index (χ3v) is 5.13. The van der Waals surface area contributed by atoms with Crippen LogP contribution in [0.5, 0.6) is 0 Å². The largest absolute Gasteiger partial charge is 0.328 e. The zero-order chi connectivity index (χ0) is 20.7. The van der Waals surface area contributed by atoms with Gasteiger partial charge in [0.25, 0.3) is 0 Å². The van der Waals surface area contributed by atoms with Crippen molar-refractivity contribution in [2.24, 2.45) is 0 Å². The summed E-state index contributed by atoms with van der Waals surface area (Å²) in [5.41, 5.74) is 1.32. The Morgan fingerprint density at radius 1 is 1.29 bits per heavy atom. The summed E-state index contributed by atoms with van der Waals surface area (Å²) in [5.74, 6) is -0.339. The molecule has 2 aromatic heterocycles. The standard InChI is InChI=1S/C19H25N5O3S/c1-12(2)18-22-15(11-28-18)10-24(4)19(27)23-16(13(3)25)8-17(26)21-14-6-5-7-20-9-14/h5-7,9,11-12,16H,8,10H2,1-4H3,(H,21,26)(H,23,27)/t16-/m0/s1. The molecule has 28 heavy (non-hydrogen) atoms. The van der Waals surface area contributed by atoms with Crippen LogP contribution in [0.3, 0.4) is 0 Å². The number of pyridine rings is 1. The van der Waals surface area contributed by atoms with Crippen molar-refractivity contribution in [1.82, 2.24) is 20.2 Å². The lowest BCUT2D eigenvalue weighted by molar-refractivity contribution is -0.123. The van der Waals surface area contributed by atoms with Crippen molar-refractivity contribution in [2.75, 3.05) is 12.4 Å². The van der Waals surface area contributed by atoms with Crippen LogP contribution in [0.4, 0.5) is 10.5 Å². The minimum absolute atomic E-state index is 0.155. The molecule has 0 saturated carbocycles. The first-order chi connectivity index (χ1) is 13.3. The second-order valence-corrected chi connectivity index (χ2v) is 7.68. The Morgan fingerprint density at radius 3 is 2.61 bits per heavy atom. The third-order valence-electron chi connectivity index (χ3n) is 3.93. The first-order valence-electron chi connectivity index (χ1n) is 8.92. The molecule has 2 heterocycles. The fourth-order valence-electron chi connectivity index (χ4n) is 2.36. The zero-order valence-electron chi connectivity index (χ0n) is 16.4. The fraction of sp³-hybridized carbons (Fsp3) is 0.421. The average molecular weight is 404 g/mol. The number of nitrogens with zero attached hydrogens (tertiary/aromatic N) is 3. The molecule has 1 atom stereocenters. The Morgan fingerprint density at radius 2 is 2.04 bits per heavy atom. The van der Waals surface area contributed by atoms with Crippen LogP contribution in [0.25, 0.3) is 0 Å². The van der Waals surface area contributed by atoms with Crippen molar-refractivity contribution >= 4 is 34.7 Å². The molecule has 0 aliphatic rings. The first kappa shape index (κ1) is 21.5. The number of hydrogen-bond donors (Lipinski definition) is 2. The summed E-state index contributed by atoms with van der Waals surface area (Å²) in [4.78, 5) is 46.4. The van der Waals surface area contributed by atoms with Gasteiger partial charge in [-0.2, -0.15) is 0 Å². The lowest BCUT2D eigenvalue weighted by Gasteiger charge is -2.21. The Balaban J connectivity index is 1.91. The SMILES string of the molecule is CC(=O)[C@H](CC(=O)Nc1cccnc1)NC(=O)N(C)Cc1csc(C(C)C)n1. The molecule has 8 nitrogen and oxygen atoms in total. The molecule has 0 aliphatic carbocycles.